The summed E-state index contributed by atoms with van der Waals surface area (Å²) in [7, 11) is -4.96. The molecule has 0 saturated heterocycles. The van der Waals surface area contributed by atoms with Gasteiger partial charge in [-0.15, -0.1) is 0 Å². The van der Waals surface area contributed by atoms with Gasteiger partial charge in [0.2, 0.25) is 0 Å². The number of carboxylic acids is 1. The van der Waals surface area contributed by atoms with Crippen LogP contribution in [0.3, 0.4) is 0 Å². The number of ether oxygens (including phenoxy) is 1. The van der Waals surface area contributed by atoms with Crippen LogP contribution in [0.5, 0.6) is 0 Å². The number of nitrogens with one attached hydrogen (secondary N) is 1. The summed E-state index contributed by atoms with van der Waals surface area (Å²) in [5.74, 6) is -3.09. The lowest BCUT2D eigenvalue weighted by Gasteiger charge is -2.14. The number of rotatable bonds is 5. The molecule has 0 spiro atoms. The summed E-state index contributed by atoms with van der Waals surface area (Å²) in [6.45, 7) is 0. The molecule has 0 amide bonds. The molecule has 100 valence electrons. The van der Waals surface area contributed by atoms with Gasteiger partial charge in [-0.25, -0.2) is 8.42 Å². The SMILES string of the molecule is COC(=O)C[C@H](NS(=O)(=O)C(F)(F)F)C(=O)O. The molecule has 0 heterocycles. The predicted octanol–water partition coefficient (Wildman–Crippen LogP) is -0.558. The van der Waals surface area contributed by atoms with E-state index in [0.717, 1.165) is 11.8 Å². The number of carbonyl (C=O) groups excluding carboxylic acids is 1. The van der Waals surface area contributed by atoms with E-state index in [9.17, 15) is 31.2 Å². The molecule has 0 fully saturated rings. The van der Waals surface area contributed by atoms with Gasteiger partial charge < -0.3 is 9.84 Å². The van der Waals surface area contributed by atoms with Crippen molar-refractivity contribution < 1.29 is 41.0 Å². The highest BCUT2D eigenvalue weighted by Gasteiger charge is 2.48. The van der Waals surface area contributed by atoms with Crippen LogP contribution < -0.4 is 4.72 Å². The summed E-state index contributed by atoms with van der Waals surface area (Å²) in [5.41, 5.74) is -5.66. The number of methoxy groups -OCH3 is 1. The number of carbonyl (C=O) groups is 2. The number of halogens is 3. The van der Waals surface area contributed by atoms with Gasteiger partial charge >= 0.3 is 27.5 Å². The summed E-state index contributed by atoms with van der Waals surface area (Å²) in [6, 6.07) is -2.24. The van der Waals surface area contributed by atoms with Crippen molar-refractivity contribution in [3.63, 3.8) is 0 Å². The van der Waals surface area contributed by atoms with Crippen molar-refractivity contribution >= 4 is 22.0 Å². The Morgan fingerprint density at radius 3 is 2.18 bits per heavy atom. The third-order valence-electron chi connectivity index (χ3n) is 1.50. The van der Waals surface area contributed by atoms with Crippen molar-refractivity contribution in [1.82, 2.24) is 4.72 Å². The first-order valence-corrected chi connectivity index (χ1v) is 5.38. The van der Waals surface area contributed by atoms with Crippen molar-refractivity contribution in [2.75, 3.05) is 7.11 Å². The molecule has 0 aromatic rings. The fraction of sp³-hybridized carbons (Fsp3) is 0.667. The van der Waals surface area contributed by atoms with Crippen LogP contribution in [0.2, 0.25) is 0 Å². The van der Waals surface area contributed by atoms with Crippen molar-refractivity contribution in [2.24, 2.45) is 0 Å². The predicted molar refractivity (Wildman–Crippen MR) is 46.2 cm³/mol. The minimum Gasteiger partial charge on any atom is -0.480 e. The number of alkyl halides is 3. The van der Waals surface area contributed by atoms with Crippen LogP contribution in [-0.4, -0.2) is 44.1 Å². The maximum absolute atomic E-state index is 11.9. The Bertz CT molecular complexity index is 402. The van der Waals surface area contributed by atoms with Crippen LogP contribution in [0, 0.1) is 0 Å². The number of carboxylic acid groups (broad SMARTS) is 1. The first-order valence-electron chi connectivity index (χ1n) is 3.89. The summed E-state index contributed by atoms with van der Waals surface area (Å²) in [5, 5.41) is 8.44. The lowest BCUT2D eigenvalue weighted by Crippen LogP contribution is -2.47. The molecule has 0 bridgehead atoms. The second-order valence-corrected chi connectivity index (χ2v) is 4.44. The highest BCUT2D eigenvalue weighted by atomic mass is 32.2. The van der Waals surface area contributed by atoms with Crippen LogP contribution in [0.1, 0.15) is 6.42 Å². The summed E-state index contributed by atoms with van der Waals surface area (Å²) in [6.07, 6.45) is -1.05. The third kappa shape index (κ3) is 4.56. The summed E-state index contributed by atoms with van der Waals surface area (Å²) in [4.78, 5) is 21.1. The Hall–Kier alpha value is -1.36. The van der Waals surface area contributed by atoms with Gasteiger partial charge in [0.05, 0.1) is 13.5 Å². The Balaban J connectivity index is 4.91. The van der Waals surface area contributed by atoms with E-state index in [1.54, 1.807) is 0 Å². The minimum atomic E-state index is -5.83. The minimum absolute atomic E-state index is 0.845. The fourth-order valence-corrected chi connectivity index (χ4v) is 1.38. The average Bonchev–Trinajstić information content (AvgIpc) is 2.14. The summed E-state index contributed by atoms with van der Waals surface area (Å²) >= 11 is 0. The molecular weight excluding hydrogens is 271 g/mol. The smallest absolute Gasteiger partial charge is 0.480 e. The van der Waals surface area contributed by atoms with E-state index >= 15 is 0 Å². The van der Waals surface area contributed by atoms with Gasteiger partial charge in [-0.3, -0.25) is 9.59 Å². The number of sulfonamides is 1. The zero-order valence-electron chi connectivity index (χ0n) is 8.32. The Morgan fingerprint density at radius 1 is 1.41 bits per heavy atom. The highest BCUT2D eigenvalue weighted by Crippen LogP contribution is 2.22. The average molecular weight is 279 g/mol. The van der Waals surface area contributed by atoms with E-state index in [0.29, 0.717) is 0 Å². The van der Waals surface area contributed by atoms with E-state index in [4.69, 9.17) is 5.11 Å². The van der Waals surface area contributed by atoms with Crippen molar-refractivity contribution in [1.29, 1.82) is 0 Å². The van der Waals surface area contributed by atoms with Gasteiger partial charge in [-0.1, -0.05) is 0 Å². The monoisotopic (exact) mass is 279 g/mol. The molecule has 0 saturated carbocycles. The number of hydrogen-bond acceptors (Lipinski definition) is 5. The Kier molecular flexibility index (Phi) is 4.89. The summed E-state index contributed by atoms with van der Waals surface area (Å²) < 4.78 is 61.8. The van der Waals surface area contributed by atoms with Crippen molar-refractivity contribution in [3.05, 3.63) is 0 Å². The number of esters is 1. The molecular formula is C6H8F3NO6S. The molecule has 0 aliphatic rings. The van der Waals surface area contributed by atoms with E-state index < -0.39 is 39.9 Å². The third-order valence-corrected chi connectivity index (χ3v) is 2.70. The van der Waals surface area contributed by atoms with E-state index in [2.05, 4.69) is 4.74 Å². The van der Waals surface area contributed by atoms with Gasteiger partial charge in [-0.05, 0) is 0 Å². The molecule has 2 N–H and O–H groups in total. The normalized spacial score (nSPS) is 14.1. The van der Waals surface area contributed by atoms with E-state index in [1.165, 1.54) is 0 Å². The molecule has 0 rings (SSSR count). The second kappa shape index (κ2) is 5.31. The zero-order valence-corrected chi connectivity index (χ0v) is 9.13. The molecule has 7 nitrogen and oxygen atoms in total. The zero-order chi connectivity index (χ0) is 13.9. The fourth-order valence-electron chi connectivity index (χ4n) is 0.683. The molecule has 0 unspecified atom stereocenters. The highest BCUT2D eigenvalue weighted by molar-refractivity contribution is 7.90. The van der Waals surface area contributed by atoms with Crippen molar-refractivity contribution in [3.8, 4) is 0 Å². The van der Waals surface area contributed by atoms with Crippen LogP contribution in [-0.2, 0) is 24.3 Å². The first kappa shape index (κ1) is 15.6. The Labute approximate surface area is 93.6 Å². The van der Waals surface area contributed by atoms with Gasteiger partial charge in [0.25, 0.3) is 0 Å². The number of hydrogen-bond donors (Lipinski definition) is 2. The van der Waals surface area contributed by atoms with E-state index in [1.807, 2.05) is 0 Å². The van der Waals surface area contributed by atoms with Crippen molar-refractivity contribution in [2.45, 2.75) is 18.0 Å². The first-order chi connectivity index (χ1) is 7.51. The molecule has 0 radical (unpaired) electrons. The topological polar surface area (TPSA) is 110 Å². The van der Waals surface area contributed by atoms with Gasteiger partial charge in [-0.2, -0.15) is 17.9 Å². The number of aliphatic carboxylic acids is 1. The largest absolute Gasteiger partial charge is 0.511 e. The maximum Gasteiger partial charge on any atom is 0.511 e. The Morgan fingerprint density at radius 2 is 1.88 bits per heavy atom. The van der Waals surface area contributed by atoms with E-state index in [-0.39, 0.29) is 0 Å². The van der Waals surface area contributed by atoms with Crippen LogP contribution >= 0.6 is 0 Å². The molecule has 0 aliphatic carbocycles. The molecule has 0 aliphatic heterocycles. The molecule has 0 aromatic carbocycles. The van der Waals surface area contributed by atoms with Crippen LogP contribution in [0.25, 0.3) is 0 Å². The quantitative estimate of drug-likeness (QED) is 0.653. The lowest BCUT2D eigenvalue weighted by molar-refractivity contribution is -0.147. The van der Waals surface area contributed by atoms with Gasteiger partial charge in [0.15, 0.2) is 0 Å². The molecule has 0 aromatic heterocycles. The van der Waals surface area contributed by atoms with Gasteiger partial charge in [0.1, 0.15) is 6.04 Å². The van der Waals surface area contributed by atoms with Gasteiger partial charge in [0, 0.05) is 0 Å². The molecule has 17 heavy (non-hydrogen) atoms. The van der Waals surface area contributed by atoms with Crippen LogP contribution in [0.4, 0.5) is 13.2 Å². The van der Waals surface area contributed by atoms with Crippen LogP contribution in [0.15, 0.2) is 0 Å². The standard InChI is InChI=1S/C6H8F3NO6S/c1-16-4(11)2-3(5(12)13)10-17(14,15)6(7,8)9/h3,10H,2H2,1H3,(H,12,13)/t3-/m0/s1. The second-order valence-electron chi connectivity index (χ2n) is 2.74. The molecule has 11 heteroatoms. The maximum atomic E-state index is 11.9. The molecule has 1 atom stereocenters. The lowest BCUT2D eigenvalue weighted by atomic mass is 10.2.